The Morgan fingerprint density at radius 3 is 2.79 bits per heavy atom. The van der Waals surface area contributed by atoms with Crippen molar-refractivity contribution in [2.45, 2.75) is 57.8 Å². The molecule has 1 unspecified atom stereocenters. The van der Waals surface area contributed by atoms with Gasteiger partial charge in [0.05, 0.1) is 36.5 Å². The molecule has 2 aromatic carbocycles. The van der Waals surface area contributed by atoms with E-state index in [2.05, 4.69) is 40.2 Å². The second-order valence-corrected chi connectivity index (χ2v) is 11.6. The Balaban J connectivity index is 1.16. The number of carbonyl (C=O) groups excluding carboxylic acids is 1. The van der Waals surface area contributed by atoms with Crippen molar-refractivity contribution < 1.29 is 14.6 Å². The van der Waals surface area contributed by atoms with Gasteiger partial charge < -0.3 is 14.7 Å². The third-order valence-corrected chi connectivity index (χ3v) is 8.64. The first-order chi connectivity index (χ1) is 20.6. The maximum Gasteiger partial charge on any atom is 0.210 e. The SMILES string of the molecule is C=C(O)n1c(CN(C=O)CC2CCC2)cc2ccc(Cn3cc(-c4cccc5cnn(C6CCCCO6)c45)nn3)cc21. The van der Waals surface area contributed by atoms with Crippen LogP contribution in [-0.4, -0.2) is 58.9 Å². The van der Waals surface area contributed by atoms with Crippen LogP contribution in [-0.2, 0) is 22.6 Å². The first-order valence-electron chi connectivity index (χ1n) is 14.8. The fourth-order valence-electron chi connectivity index (χ4n) is 6.31. The lowest BCUT2D eigenvalue weighted by atomic mass is 9.85. The predicted molar refractivity (Wildman–Crippen MR) is 160 cm³/mol. The summed E-state index contributed by atoms with van der Waals surface area (Å²) in [4.78, 5) is 13.6. The number of aliphatic hydroxyl groups excluding tert-OH is 1. The summed E-state index contributed by atoms with van der Waals surface area (Å²) in [5.74, 6) is 0.499. The molecular weight excluding hydrogens is 530 g/mol. The summed E-state index contributed by atoms with van der Waals surface area (Å²) in [6.45, 7) is 6.22. The molecular formula is C32H35N7O3. The molecule has 1 aliphatic carbocycles. The summed E-state index contributed by atoms with van der Waals surface area (Å²) < 4.78 is 11.6. The highest BCUT2D eigenvalue weighted by Crippen LogP contribution is 2.33. The molecule has 10 heteroatoms. The van der Waals surface area contributed by atoms with Gasteiger partial charge in [-0.3, -0.25) is 9.36 Å². The van der Waals surface area contributed by atoms with Crippen LogP contribution < -0.4 is 0 Å². The minimum Gasteiger partial charge on any atom is -0.495 e. The molecule has 10 nitrogen and oxygen atoms in total. The van der Waals surface area contributed by atoms with E-state index in [0.29, 0.717) is 19.0 Å². The summed E-state index contributed by atoms with van der Waals surface area (Å²) in [5, 5.41) is 26.2. The van der Waals surface area contributed by atoms with E-state index < -0.39 is 0 Å². The monoisotopic (exact) mass is 565 g/mol. The minimum atomic E-state index is -0.0709. The Hall–Kier alpha value is -4.44. The molecule has 2 aliphatic rings. The summed E-state index contributed by atoms with van der Waals surface area (Å²) in [5.41, 5.74) is 5.42. The van der Waals surface area contributed by atoms with Gasteiger partial charge in [0.2, 0.25) is 6.41 Å². The number of hydrogen-bond donors (Lipinski definition) is 1. The van der Waals surface area contributed by atoms with Gasteiger partial charge in [-0.1, -0.05) is 42.0 Å². The first kappa shape index (κ1) is 26.5. The van der Waals surface area contributed by atoms with Crippen LogP contribution in [0.2, 0.25) is 0 Å². The van der Waals surface area contributed by atoms with Gasteiger partial charge in [0, 0.05) is 35.2 Å². The number of fused-ring (bicyclic) bond motifs is 2. The first-order valence-corrected chi connectivity index (χ1v) is 14.8. The smallest absolute Gasteiger partial charge is 0.210 e. The molecule has 3 aromatic heterocycles. The van der Waals surface area contributed by atoms with Crippen LogP contribution in [0.5, 0.6) is 0 Å². The highest BCUT2D eigenvalue weighted by atomic mass is 16.5. The largest absolute Gasteiger partial charge is 0.495 e. The van der Waals surface area contributed by atoms with E-state index >= 15 is 0 Å². The van der Waals surface area contributed by atoms with Crippen molar-refractivity contribution in [2.24, 2.45) is 5.92 Å². The molecule has 1 aliphatic heterocycles. The molecule has 42 heavy (non-hydrogen) atoms. The number of rotatable bonds is 10. The standard InChI is InChI=1S/C32H35N7O3/c1-22(41)38-27(19-36(21-40)17-23-6-4-7-23)15-25-12-11-24(14-30(25)38)18-37-20-29(34-35-37)28-9-5-8-26-16-33-39(32(26)28)31-10-2-3-13-42-31/h5,8-9,11-12,14-16,20-21,23,31,41H,1-4,6-7,10,13,17-19H2. The Morgan fingerprint density at radius 1 is 1.12 bits per heavy atom. The molecule has 216 valence electrons. The van der Waals surface area contributed by atoms with Gasteiger partial charge in [-0.15, -0.1) is 5.10 Å². The molecule has 1 saturated heterocycles. The van der Waals surface area contributed by atoms with Crippen molar-refractivity contribution in [3.63, 3.8) is 0 Å². The Labute approximate surface area is 243 Å². The van der Waals surface area contributed by atoms with Gasteiger partial charge in [0.15, 0.2) is 12.1 Å². The second-order valence-electron chi connectivity index (χ2n) is 11.6. The summed E-state index contributed by atoms with van der Waals surface area (Å²) >= 11 is 0. The van der Waals surface area contributed by atoms with Gasteiger partial charge in [0.1, 0.15) is 5.69 Å². The van der Waals surface area contributed by atoms with Crippen molar-refractivity contribution in [3.05, 3.63) is 72.7 Å². The van der Waals surface area contributed by atoms with E-state index in [1.54, 1.807) is 9.47 Å². The lowest BCUT2D eigenvalue weighted by molar-refractivity contribution is -0.119. The van der Waals surface area contributed by atoms with Crippen molar-refractivity contribution in [1.82, 2.24) is 34.2 Å². The summed E-state index contributed by atoms with van der Waals surface area (Å²) in [6.07, 6.45) is 11.4. The van der Waals surface area contributed by atoms with E-state index in [1.165, 1.54) is 19.3 Å². The van der Waals surface area contributed by atoms with Crippen LogP contribution in [0.25, 0.3) is 38.9 Å². The van der Waals surface area contributed by atoms with Gasteiger partial charge >= 0.3 is 0 Å². The van der Waals surface area contributed by atoms with Crippen molar-refractivity contribution in [2.75, 3.05) is 13.2 Å². The molecule has 7 rings (SSSR count). The summed E-state index contributed by atoms with van der Waals surface area (Å²) in [6, 6.07) is 14.3. The minimum absolute atomic E-state index is 0.0682. The average molecular weight is 566 g/mol. The van der Waals surface area contributed by atoms with Crippen LogP contribution in [0.15, 0.2) is 61.4 Å². The zero-order valence-electron chi connectivity index (χ0n) is 23.6. The lowest BCUT2D eigenvalue weighted by Crippen LogP contribution is -2.31. The van der Waals surface area contributed by atoms with Gasteiger partial charge in [-0.2, -0.15) is 5.10 Å². The number of carbonyl (C=O) groups is 1. The second kappa shape index (κ2) is 11.1. The highest BCUT2D eigenvalue weighted by molar-refractivity contribution is 5.92. The Kier molecular flexibility index (Phi) is 6.99. The fraction of sp³-hybridized carbons (Fsp3) is 0.375. The molecule has 4 heterocycles. The Morgan fingerprint density at radius 2 is 2.02 bits per heavy atom. The number of hydrogen-bond acceptors (Lipinski definition) is 6. The molecule has 0 radical (unpaired) electrons. The van der Waals surface area contributed by atoms with Crippen molar-refractivity contribution >= 4 is 34.1 Å². The van der Waals surface area contributed by atoms with E-state index in [4.69, 9.17) is 4.74 Å². The average Bonchev–Trinajstić information content (AvgIpc) is 3.71. The van der Waals surface area contributed by atoms with Gasteiger partial charge in [-0.25, -0.2) is 9.36 Å². The van der Waals surface area contributed by atoms with E-state index in [0.717, 1.165) is 83.1 Å². The topological polar surface area (TPSA) is 103 Å². The molecule has 1 N–H and O–H groups in total. The normalized spacial score (nSPS) is 17.5. The highest BCUT2D eigenvalue weighted by Gasteiger charge is 2.23. The van der Waals surface area contributed by atoms with Crippen LogP contribution in [0.4, 0.5) is 0 Å². The maximum atomic E-state index is 11.8. The zero-order valence-corrected chi connectivity index (χ0v) is 23.6. The molecule has 1 saturated carbocycles. The number of nitrogens with zero attached hydrogens (tertiary/aromatic N) is 7. The van der Waals surface area contributed by atoms with Crippen LogP contribution >= 0.6 is 0 Å². The predicted octanol–water partition coefficient (Wildman–Crippen LogP) is 5.74. The quantitative estimate of drug-likeness (QED) is 0.171. The number of benzene rings is 2. The molecule has 1 amide bonds. The zero-order chi connectivity index (χ0) is 28.6. The molecule has 5 aromatic rings. The lowest BCUT2D eigenvalue weighted by Gasteiger charge is -2.30. The van der Waals surface area contributed by atoms with Crippen LogP contribution in [0, 0.1) is 5.92 Å². The number of ether oxygens (including phenoxy) is 1. The fourth-order valence-corrected chi connectivity index (χ4v) is 6.31. The molecule has 0 bridgehead atoms. The van der Waals surface area contributed by atoms with E-state index in [-0.39, 0.29) is 12.1 Å². The van der Waals surface area contributed by atoms with Crippen molar-refractivity contribution in [1.29, 1.82) is 0 Å². The van der Waals surface area contributed by atoms with Gasteiger partial charge in [-0.05, 0) is 62.3 Å². The Bertz CT molecular complexity index is 1760. The maximum absolute atomic E-state index is 11.8. The van der Waals surface area contributed by atoms with E-state index in [1.807, 2.05) is 46.0 Å². The van der Waals surface area contributed by atoms with Crippen molar-refractivity contribution in [3.8, 4) is 11.3 Å². The van der Waals surface area contributed by atoms with Crippen LogP contribution in [0.1, 0.15) is 56.0 Å². The van der Waals surface area contributed by atoms with E-state index in [9.17, 15) is 9.90 Å². The third kappa shape index (κ3) is 4.96. The van der Waals surface area contributed by atoms with Gasteiger partial charge in [0.25, 0.3) is 0 Å². The molecule has 2 fully saturated rings. The number of aliphatic hydroxyl groups is 1. The number of para-hydroxylation sites is 1. The number of amides is 1. The number of aromatic nitrogens is 6. The summed E-state index contributed by atoms with van der Waals surface area (Å²) in [7, 11) is 0. The third-order valence-electron chi connectivity index (χ3n) is 8.64. The molecule has 0 spiro atoms. The van der Waals surface area contributed by atoms with Crippen LogP contribution in [0.3, 0.4) is 0 Å². The molecule has 1 atom stereocenters.